The van der Waals surface area contributed by atoms with Crippen molar-refractivity contribution in [1.29, 1.82) is 0 Å². The minimum atomic E-state index is -3.09. The summed E-state index contributed by atoms with van der Waals surface area (Å²) in [5.74, 6) is 0.217. The van der Waals surface area contributed by atoms with Crippen LogP contribution in [0.5, 0.6) is 0 Å². The van der Waals surface area contributed by atoms with Gasteiger partial charge in [0, 0.05) is 19.2 Å². The number of hydrogen-bond donors (Lipinski definition) is 2. The van der Waals surface area contributed by atoms with Crippen LogP contribution in [0, 0.1) is 0 Å². The molecule has 1 saturated carbocycles. The molecule has 0 aromatic rings. The lowest BCUT2D eigenvalue weighted by atomic mass is 10.3. The Morgan fingerprint density at radius 1 is 1.16 bits per heavy atom. The molecule has 0 aromatic heterocycles. The zero-order chi connectivity index (χ0) is 14.1. The lowest BCUT2D eigenvalue weighted by Gasteiger charge is -2.08. The van der Waals surface area contributed by atoms with E-state index in [1.165, 1.54) is 12.8 Å². The first kappa shape index (κ1) is 16.9. The number of nitrogens with one attached hydrogen (secondary N) is 2. The third-order valence-electron chi connectivity index (χ3n) is 2.94. The quantitative estimate of drug-likeness (QED) is 0.531. The van der Waals surface area contributed by atoms with E-state index in [2.05, 4.69) is 10.0 Å². The number of rotatable bonds is 12. The third kappa shape index (κ3) is 10.3. The van der Waals surface area contributed by atoms with Gasteiger partial charge in [-0.2, -0.15) is 0 Å². The molecule has 0 radical (unpaired) electrons. The number of ether oxygens (including phenoxy) is 1. The fourth-order valence-corrected chi connectivity index (χ4v) is 2.83. The highest BCUT2D eigenvalue weighted by Crippen LogP contribution is 2.18. The molecule has 0 heterocycles. The molecule has 1 aliphatic carbocycles. The Kier molecular flexibility index (Phi) is 7.90. The molecule has 6 heteroatoms. The van der Waals surface area contributed by atoms with Crippen LogP contribution in [0.3, 0.4) is 0 Å². The van der Waals surface area contributed by atoms with Gasteiger partial charge in [0.25, 0.3) is 0 Å². The van der Waals surface area contributed by atoms with E-state index in [9.17, 15) is 8.42 Å². The SMILES string of the molecule is CC(C)OCCCCNS(=O)(=O)CCCNC1CC1. The topological polar surface area (TPSA) is 67.4 Å². The molecule has 2 N–H and O–H groups in total. The van der Waals surface area contributed by atoms with Crippen molar-refractivity contribution in [3.63, 3.8) is 0 Å². The standard InChI is InChI=1S/C13H28N2O3S/c1-12(2)18-10-4-3-9-15-19(16,17)11-5-8-14-13-6-7-13/h12-15H,3-11H2,1-2H3. The Bertz CT molecular complexity index is 327. The van der Waals surface area contributed by atoms with E-state index in [0.717, 1.165) is 19.4 Å². The van der Waals surface area contributed by atoms with Crippen LogP contribution in [0.2, 0.25) is 0 Å². The molecule has 0 bridgehead atoms. The van der Waals surface area contributed by atoms with Gasteiger partial charge in [0.05, 0.1) is 11.9 Å². The van der Waals surface area contributed by atoms with E-state index in [-0.39, 0.29) is 11.9 Å². The van der Waals surface area contributed by atoms with Crippen molar-refractivity contribution in [2.45, 2.75) is 58.1 Å². The molecule has 114 valence electrons. The maximum atomic E-state index is 11.7. The predicted octanol–water partition coefficient (Wildman–Crippen LogP) is 1.25. The second-order valence-electron chi connectivity index (χ2n) is 5.42. The van der Waals surface area contributed by atoms with Gasteiger partial charge in [0.2, 0.25) is 10.0 Å². The lowest BCUT2D eigenvalue weighted by Crippen LogP contribution is -2.29. The fourth-order valence-electron chi connectivity index (χ4n) is 1.70. The van der Waals surface area contributed by atoms with Crippen LogP contribution in [0.15, 0.2) is 0 Å². The lowest BCUT2D eigenvalue weighted by molar-refractivity contribution is 0.0762. The zero-order valence-corrected chi connectivity index (χ0v) is 13.0. The Labute approximate surface area is 117 Å². The van der Waals surface area contributed by atoms with Gasteiger partial charge in [-0.3, -0.25) is 0 Å². The number of hydrogen-bond acceptors (Lipinski definition) is 4. The van der Waals surface area contributed by atoms with Crippen LogP contribution in [-0.4, -0.2) is 46.0 Å². The first-order valence-electron chi connectivity index (χ1n) is 7.32. The molecule has 0 spiro atoms. The maximum Gasteiger partial charge on any atom is 0.211 e. The van der Waals surface area contributed by atoms with Crippen molar-refractivity contribution in [2.24, 2.45) is 0 Å². The van der Waals surface area contributed by atoms with Gasteiger partial charge in [0.1, 0.15) is 0 Å². The Balaban J connectivity index is 1.93. The number of unbranched alkanes of at least 4 members (excludes halogenated alkanes) is 1. The van der Waals surface area contributed by atoms with Crippen LogP contribution >= 0.6 is 0 Å². The van der Waals surface area contributed by atoms with Crippen molar-refractivity contribution >= 4 is 10.0 Å². The van der Waals surface area contributed by atoms with E-state index in [1.807, 2.05) is 13.8 Å². The smallest absolute Gasteiger partial charge is 0.211 e. The first-order valence-corrected chi connectivity index (χ1v) is 8.97. The molecule has 5 nitrogen and oxygen atoms in total. The molecule has 0 aliphatic heterocycles. The molecular formula is C13H28N2O3S. The van der Waals surface area contributed by atoms with Gasteiger partial charge in [-0.05, 0) is 52.5 Å². The van der Waals surface area contributed by atoms with E-state index in [0.29, 0.717) is 25.6 Å². The fraction of sp³-hybridized carbons (Fsp3) is 1.00. The van der Waals surface area contributed by atoms with Crippen LogP contribution in [0.25, 0.3) is 0 Å². The summed E-state index contributed by atoms with van der Waals surface area (Å²) in [6.45, 7) is 6.01. The summed E-state index contributed by atoms with van der Waals surface area (Å²) >= 11 is 0. The Hall–Kier alpha value is -0.170. The highest BCUT2D eigenvalue weighted by molar-refractivity contribution is 7.89. The van der Waals surface area contributed by atoms with Crippen LogP contribution in [-0.2, 0) is 14.8 Å². The van der Waals surface area contributed by atoms with Gasteiger partial charge < -0.3 is 10.1 Å². The van der Waals surface area contributed by atoms with E-state index < -0.39 is 10.0 Å². The minimum Gasteiger partial charge on any atom is -0.379 e. The molecular weight excluding hydrogens is 264 g/mol. The van der Waals surface area contributed by atoms with Crippen molar-refractivity contribution < 1.29 is 13.2 Å². The van der Waals surface area contributed by atoms with E-state index in [1.54, 1.807) is 0 Å². The van der Waals surface area contributed by atoms with Gasteiger partial charge in [-0.25, -0.2) is 13.1 Å². The minimum absolute atomic E-state index is 0.217. The van der Waals surface area contributed by atoms with Gasteiger partial charge in [-0.1, -0.05) is 0 Å². The molecule has 0 unspecified atom stereocenters. The summed E-state index contributed by atoms with van der Waals surface area (Å²) in [4.78, 5) is 0. The Morgan fingerprint density at radius 2 is 1.89 bits per heavy atom. The van der Waals surface area contributed by atoms with Crippen LogP contribution < -0.4 is 10.0 Å². The molecule has 0 amide bonds. The van der Waals surface area contributed by atoms with Crippen molar-refractivity contribution in [3.05, 3.63) is 0 Å². The van der Waals surface area contributed by atoms with Crippen LogP contribution in [0.4, 0.5) is 0 Å². The van der Waals surface area contributed by atoms with Crippen molar-refractivity contribution in [1.82, 2.24) is 10.0 Å². The first-order chi connectivity index (χ1) is 8.99. The van der Waals surface area contributed by atoms with Gasteiger partial charge in [-0.15, -0.1) is 0 Å². The van der Waals surface area contributed by atoms with Gasteiger partial charge in [0.15, 0.2) is 0 Å². The van der Waals surface area contributed by atoms with Crippen molar-refractivity contribution in [2.75, 3.05) is 25.4 Å². The monoisotopic (exact) mass is 292 g/mol. The third-order valence-corrected chi connectivity index (χ3v) is 4.41. The van der Waals surface area contributed by atoms with E-state index >= 15 is 0 Å². The summed E-state index contributed by atoms with van der Waals surface area (Å²) in [5.41, 5.74) is 0. The average molecular weight is 292 g/mol. The highest BCUT2D eigenvalue weighted by Gasteiger charge is 2.20. The second kappa shape index (κ2) is 8.89. The predicted molar refractivity (Wildman–Crippen MR) is 77.8 cm³/mol. The molecule has 0 atom stereocenters. The summed E-state index contributed by atoms with van der Waals surface area (Å²) in [6.07, 6.45) is 5.13. The summed E-state index contributed by atoms with van der Waals surface area (Å²) in [6, 6.07) is 0.650. The molecule has 1 rings (SSSR count). The second-order valence-corrected chi connectivity index (χ2v) is 7.35. The molecule has 1 fully saturated rings. The van der Waals surface area contributed by atoms with E-state index in [4.69, 9.17) is 4.74 Å². The zero-order valence-electron chi connectivity index (χ0n) is 12.2. The molecule has 0 aromatic carbocycles. The molecule has 19 heavy (non-hydrogen) atoms. The highest BCUT2D eigenvalue weighted by atomic mass is 32.2. The normalized spacial score (nSPS) is 16.2. The number of sulfonamides is 1. The Morgan fingerprint density at radius 3 is 2.53 bits per heavy atom. The maximum absolute atomic E-state index is 11.7. The molecule has 1 aliphatic rings. The van der Waals surface area contributed by atoms with Gasteiger partial charge >= 0.3 is 0 Å². The largest absolute Gasteiger partial charge is 0.379 e. The summed E-state index contributed by atoms with van der Waals surface area (Å²) in [7, 11) is -3.09. The average Bonchev–Trinajstić information content (AvgIpc) is 3.13. The van der Waals surface area contributed by atoms with Crippen molar-refractivity contribution in [3.8, 4) is 0 Å². The summed E-state index contributed by atoms with van der Waals surface area (Å²) in [5, 5.41) is 3.31. The van der Waals surface area contributed by atoms with Crippen LogP contribution in [0.1, 0.15) is 46.0 Å². The molecule has 0 saturated heterocycles. The summed E-state index contributed by atoms with van der Waals surface area (Å²) < 4.78 is 31.4.